The van der Waals surface area contributed by atoms with Crippen LogP contribution in [0.2, 0.25) is 0 Å². The van der Waals surface area contributed by atoms with Crippen LogP contribution in [0.1, 0.15) is 0 Å². The third kappa shape index (κ3) is 1.22. The van der Waals surface area contributed by atoms with E-state index in [2.05, 4.69) is 4.99 Å². The molecule has 3 nitrogen and oxygen atoms in total. The second-order valence-electron chi connectivity index (χ2n) is 2.99. The molecule has 0 N–H and O–H groups in total. The summed E-state index contributed by atoms with van der Waals surface area (Å²) >= 11 is 0. The van der Waals surface area contributed by atoms with Crippen molar-refractivity contribution in [2.24, 2.45) is 12.0 Å². The summed E-state index contributed by atoms with van der Waals surface area (Å²) in [5, 5.41) is 0.787. The van der Waals surface area contributed by atoms with Crippen LogP contribution in [0.4, 0.5) is 10.1 Å². The molecule has 70 valence electrons. The molecule has 0 spiro atoms. The highest BCUT2D eigenvalue weighted by Gasteiger charge is 2.05. The fourth-order valence-electron chi connectivity index (χ4n) is 1.41. The number of isocyanates is 1. The molecular formula is C10H7FN2O. The van der Waals surface area contributed by atoms with E-state index in [0.29, 0.717) is 0 Å². The van der Waals surface area contributed by atoms with E-state index < -0.39 is 5.82 Å². The molecule has 0 amide bonds. The van der Waals surface area contributed by atoms with E-state index in [4.69, 9.17) is 0 Å². The van der Waals surface area contributed by atoms with Crippen LogP contribution < -0.4 is 0 Å². The molecule has 1 heterocycles. The second kappa shape index (κ2) is 3.09. The number of hydrogen-bond donors (Lipinski definition) is 0. The summed E-state index contributed by atoms with van der Waals surface area (Å²) in [4.78, 5) is 13.3. The van der Waals surface area contributed by atoms with Crippen LogP contribution in [-0.2, 0) is 11.8 Å². The maximum absolute atomic E-state index is 13.2. The van der Waals surface area contributed by atoms with Crippen molar-refractivity contribution in [3.05, 3.63) is 30.2 Å². The Balaban J connectivity index is 2.80. The number of rotatable bonds is 1. The summed E-state index contributed by atoms with van der Waals surface area (Å²) in [5.41, 5.74) is 0.856. The van der Waals surface area contributed by atoms with Gasteiger partial charge in [-0.3, -0.25) is 0 Å². The largest absolute Gasteiger partial charge is 0.350 e. The fraction of sp³-hybridized carbons (Fsp3) is 0.100. The fourth-order valence-corrected chi connectivity index (χ4v) is 1.41. The number of aromatic nitrogens is 1. The topological polar surface area (TPSA) is 34.4 Å². The number of hydrogen-bond acceptors (Lipinski definition) is 2. The monoisotopic (exact) mass is 190 g/mol. The zero-order valence-corrected chi connectivity index (χ0v) is 7.49. The van der Waals surface area contributed by atoms with Gasteiger partial charge in [-0.2, -0.15) is 4.99 Å². The summed E-state index contributed by atoms with van der Waals surface area (Å²) in [6.45, 7) is 0. The molecule has 2 aromatic rings. The zero-order valence-electron chi connectivity index (χ0n) is 7.49. The first kappa shape index (κ1) is 8.66. The second-order valence-corrected chi connectivity index (χ2v) is 2.99. The van der Waals surface area contributed by atoms with Gasteiger partial charge in [0.05, 0.1) is 5.52 Å². The number of aliphatic imine (C=N–C) groups is 1. The Bertz CT molecular complexity index is 538. The van der Waals surface area contributed by atoms with Crippen molar-refractivity contribution in [2.75, 3.05) is 0 Å². The molecule has 0 saturated carbocycles. The van der Waals surface area contributed by atoms with Crippen molar-refractivity contribution in [1.82, 2.24) is 4.57 Å². The molecule has 0 aliphatic heterocycles. The molecule has 4 heteroatoms. The van der Waals surface area contributed by atoms with E-state index in [9.17, 15) is 9.18 Å². The first-order valence-electron chi connectivity index (χ1n) is 4.05. The molecule has 0 aliphatic rings. The number of fused-ring (bicyclic) bond motifs is 1. The molecule has 0 aliphatic carbocycles. The normalized spacial score (nSPS) is 10.1. The van der Waals surface area contributed by atoms with Crippen LogP contribution in [0.15, 0.2) is 29.4 Å². The van der Waals surface area contributed by atoms with Crippen LogP contribution in [0, 0.1) is 5.82 Å². The molecule has 14 heavy (non-hydrogen) atoms. The Kier molecular flexibility index (Phi) is 1.91. The molecule has 0 fully saturated rings. The average molecular weight is 190 g/mol. The van der Waals surface area contributed by atoms with E-state index in [1.807, 2.05) is 17.8 Å². The molecule has 1 aromatic carbocycles. The third-order valence-electron chi connectivity index (χ3n) is 2.12. The molecule has 0 atom stereocenters. The van der Waals surface area contributed by atoms with Gasteiger partial charge in [-0.15, -0.1) is 0 Å². The van der Waals surface area contributed by atoms with Crippen molar-refractivity contribution >= 4 is 22.7 Å². The van der Waals surface area contributed by atoms with Crippen molar-refractivity contribution in [3.8, 4) is 0 Å². The number of carbonyl (C=O) groups excluding carboxylic acids is 1. The van der Waals surface area contributed by atoms with Gasteiger partial charge >= 0.3 is 0 Å². The van der Waals surface area contributed by atoms with Crippen molar-refractivity contribution in [2.45, 2.75) is 0 Å². The van der Waals surface area contributed by atoms with E-state index >= 15 is 0 Å². The summed E-state index contributed by atoms with van der Waals surface area (Å²) in [6, 6.07) is 4.67. The molecule has 2 rings (SSSR count). The third-order valence-corrected chi connectivity index (χ3v) is 2.12. The number of benzene rings is 1. The molecule has 1 aromatic heterocycles. The van der Waals surface area contributed by atoms with Gasteiger partial charge in [-0.1, -0.05) is 0 Å². The minimum atomic E-state index is -0.507. The standard InChI is InChI=1S/C10H7FN2O/c1-13-3-2-7-4-8(11)9(12-6-14)5-10(7)13/h2-5H,1H3. The Hall–Kier alpha value is -1.93. The van der Waals surface area contributed by atoms with Gasteiger partial charge in [0.15, 0.2) is 0 Å². The predicted octanol–water partition coefficient (Wildman–Crippen LogP) is 2.28. The Morgan fingerprint density at radius 2 is 2.29 bits per heavy atom. The Morgan fingerprint density at radius 1 is 1.50 bits per heavy atom. The zero-order chi connectivity index (χ0) is 10.1. The number of halogens is 1. The van der Waals surface area contributed by atoms with Crippen LogP contribution in [0.25, 0.3) is 10.9 Å². The highest BCUT2D eigenvalue weighted by Crippen LogP contribution is 2.24. The number of aryl methyl sites for hydroxylation is 1. The smallest absolute Gasteiger partial charge is 0.240 e. The minimum Gasteiger partial charge on any atom is -0.350 e. The van der Waals surface area contributed by atoms with E-state index in [0.717, 1.165) is 10.9 Å². The molecule has 0 radical (unpaired) electrons. The lowest BCUT2D eigenvalue weighted by atomic mass is 10.2. The molecule has 0 saturated heterocycles. The lowest BCUT2D eigenvalue weighted by Crippen LogP contribution is -1.84. The lowest BCUT2D eigenvalue weighted by molar-refractivity contribution is 0.564. The lowest BCUT2D eigenvalue weighted by Gasteiger charge is -1.98. The first-order chi connectivity index (χ1) is 6.72. The van der Waals surface area contributed by atoms with Gasteiger partial charge in [-0.25, -0.2) is 9.18 Å². The van der Waals surface area contributed by atoms with Crippen molar-refractivity contribution in [1.29, 1.82) is 0 Å². The maximum atomic E-state index is 13.2. The van der Waals surface area contributed by atoms with Gasteiger partial charge in [0.25, 0.3) is 0 Å². The van der Waals surface area contributed by atoms with Crippen LogP contribution >= 0.6 is 0 Å². The Morgan fingerprint density at radius 3 is 3.00 bits per heavy atom. The number of nitrogens with zero attached hydrogens (tertiary/aromatic N) is 2. The maximum Gasteiger partial charge on any atom is 0.240 e. The van der Waals surface area contributed by atoms with Crippen molar-refractivity contribution < 1.29 is 9.18 Å². The van der Waals surface area contributed by atoms with Crippen molar-refractivity contribution in [3.63, 3.8) is 0 Å². The quantitative estimate of drug-likeness (QED) is 0.501. The summed E-state index contributed by atoms with van der Waals surface area (Å²) in [5.74, 6) is -0.507. The van der Waals surface area contributed by atoms with E-state index in [1.165, 1.54) is 18.2 Å². The highest BCUT2D eigenvalue weighted by atomic mass is 19.1. The van der Waals surface area contributed by atoms with Crippen LogP contribution in [0.3, 0.4) is 0 Å². The summed E-state index contributed by atoms with van der Waals surface area (Å²) < 4.78 is 15.1. The average Bonchev–Trinajstić information content (AvgIpc) is 2.49. The van der Waals surface area contributed by atoms with Gasteiger partial charge in [-0.05, 0) is 18.2 Å². The minimum absolute atomic E-state index is 0.0225. The van der Waals surface area contributed by atoms with Gasteiger partial charge in [0.2, 0.25) is 6.08 Å². The van der Waals surface area contributed by atoms with Crippen LogP contribution in [-0.4, -0.2) is 10.6 Å². The molecular weight excluding hydrogens is 183 g/mol. The highest BCUT2D eigenvalue weighted by molar-refractivity contribution is 5.83. The molecule has 0 bridgehead atoms. The predicted molar refractivity (Wildman–Crippen MR) is 50.7 cm³/mol. The van der Waals surface area contributed by atoms with Crippen LogP contribution in [0.5, 0.6) is 0 Å². The summed E-state index contributed by atoms with van der Waals surface area (Å²) in [7, 11) is 1.84. The SMILES string of the molecule is Cn1ccc2cc(F)c(N=C=O)cc21. The van der Waals surface area contributed by atoms with E-state index in [-0.39, 0.29) is 5.69 Å². The van der Waals surface area contributed by atoms with Gasteiger partial charge in [0, 0.05) is 18.6 Å². The first-order valence-corrected chi connectivity index (χ1v) is 4.05. The summed E-state index contributed by atoms with van der Waals surface area (Å²) in [6.07, 6.45) is 3.14. The van der Waals surface area contributed by atoms with Gasteiger partial charge < -0.3 is 4.57 Å². The molecule has 0 unspecified atom stereocenters. The van der Waals surface area contributed by atoms with Gasteiger partial charge in [0.1, 0.15) is 11.5 Å². The van der Waals surface area contributed by atoms with E-state index in [1.54, 1.807) is 6.07 Å². The Labute approximate surface area is 79.5 Å².